The second-order valence-electron chi connectivity index (χ2n) is 7.51. The van der Waals surface area contributed by atoms with Crippen molar-refractivity contribution >= 4 is 27.3 Å². The molecule has 30 heavy (non-hydrogen) atoms. The Bertz CT molecular complexity index is 1000. The molecule has 8 heteroatoms. The molecule has 2 aromatic rings. The number of hydrogen-bond donors (Lipinski definition) is 2. The van der Waals surface area contributed by atoms with Crippen molar-refractivity contribution in [3.05, 3.63) is 59.7 Å². The van der Waals surface area contributed by atoms with Crippen molar-refractivity contribution in [2.45, 2.75) is 26.8 Å². The summed E-state index contributed by atoms with van der Waals surface area (Å²) in [5.41, 5.74) is 1.85. The molecule has 0 bridgehead atoms. The van der Waals surface area contributed by atoms with Gasteiger partial charge in [-0.3, -0.25) is 9.59 Å². The van der Waals surface area contributed by atoms with Crippen LogP contribution in [0.15, 0.2) is 48.5 Å². The number of aryl methyl sites for hydroxylation is 1. The van der Waals surface area contributed by atoms with Gasteiger partial charge in [0.05, 0.1) is 5.75 Å². The number of anilines is 1. The summed E-state index contributed by atoms with van der Waals surface area (Å²) in [6, 6.07) is 13.1. The van der Waals surface area contributed by atoms with Gasteiger partial charge in [-0.15, -0.1) is 0 Å². The lowest BCUT2D eigenvalue weighted by molar-refractivity contribution is -0.118. The quantitative estimate of drug-likeness (QED) is 0.634. The largest absolute Gasteiger partial charge is 0.492 e. The number of rotatable bonds is 9. The Balaban J connectivity index is 2.05. The molecule has 0 spiro atoms. The number of carbonyl (C=O) groups is 2. The minimum atomic E-state index is -3.12. The minimum absolute atomic E-state index is 0.0251. The normalized spacial score (nSPS) is 12.3. The molecule has 1 unspecified atom stereocenters. The molecule has 0 aliphatic heterocycles. The maximum Gasteiger partial charge on any atom is 0.252 e. The van der Waals surface area contributed by atoms with Gasteiger partial charge in [-0.2, -0.15) is 0 Å². The predicted octanol–water partition coefficient (Wildman–Crippen LogP) is 2.81. The van der Waals surface area contributed by atoms with Gasteiger partial charge >= 0.3 is 0 Å². The van der Waals surface area contributed by atoms with Crippen molar-refractivity contribution in [1.82, 2.24) is 5.32 Å². The highest BCUT2D eigenvalue weighted by atomic mass is 32.2. The molecular weight excluding hydrogens is 404 g/mol. The van der Waals surface area contributed by atoms with Crippen molar-refractivity contribution in [1.29, 1.82) is 0 Å². The highest BCUT2D eigenvalue weighted by molar-refractivity contribution is 7.90. The minimum Gasteiger partial charge on any atom is -0.492 e. The zero-order chi connectivity index (χ0) is 22.3. The van der Waals surface area contributed by atoms with E-state index in [1.54, 1.807) is 36.4 Å². The van der Waals surface area contributed by atoms with Gasteiger partial charge in [-0.25, -0.2) is 8.42 Å². The maximum atomic E-state index is 12.8. The summed E-state index contributed by atoms with van der Waals surface area (Å²) in [6.07, 6.45) is 1.14. The van der Waals surface area contributed by atoms with Crippen molar-refractivity contribution in [2.75, 3.05) is 23.9 Å². The Hall–Kier alpha value is -2.87. The van der Waals surface area contributed by atoms with Gasteiger partial charge in [-0.05, 0) is 36.6 Å². The maximum absolute atomic E-state index is 12.8. The van der Waals surface area contributed by atoms with Gasteiger partial charge in [0.1, 0.15) is 18.4 Å². The Kier molecular flexibility index (Phi) is 8.00. The molecule has 0 aliphatic rings. The zero-order valence-electron chi connectivity index (χ0n) is 17.6. The molecule has 2 rings (SSSR count). The lowest BCUT2D eigenvalue weighted by Gasteiger charge is -2.22. The van der Waals surface area contributed by atoms with Crippen LogP contribution in [0.3, 0.4) is 0 Å². The Morgan fingerprint density at radius 1 is 1.07 bits per heavy atom. The zero-order valence-corrected chi connectivity index (χ0v) is 18.5. The third-order valence-electron chi connectivity index (χ3n) is 4.45. The van der Waals surface area contributed by atoms with Gasteiger partial charge in [0, 0.05) is 23.6 Å². The monoisotopic (exact) mass is 432 g/mol. The van der Waals surface area contributed by atoms with Gasteiger partial charge in [-0.1, -0.05) is 38.1 Å². The van der Waals surface area contributed by atoms with Crippen molar-refractivity contribution in [2.24, 2.45) is 5.92 Å². The molecule has 0 aliphatic carbocycles. The van der Waals surface area contributed by atoms with E-state index in [1.165, 1.54) is 0 Å². The fraction of sp³-hybridized carbons (Fsp3) is 0.364. The standard InChI is InChI=1S/C22H28N2O5S/c1-15(2)20(24-21(25)19-11-6-5-8-16(19)3)22(26)23-17-9-7-10-18(14-17)29-12-13-30(4,27)28/h5-11,14-15,20H,12-13H2,1-4H3,(H,23,26)(H,24,25). The summed E-state index contributed by atoms with van der Waals surface area (Å²) >= 11 is 0. The molecule has 0 aromatic heterocycles. The Morgan fingerprint density at radius 2 is 1.77 bits per heavy atom. The van der Waals surface area contributed by atoms with Gasteiger partial charge in [0.25, 0.3) is 5.91 Å². The van der Waals surface area contributed by atoms with Gasteiger partial charge in [0.15, 0.2) is 9.84 Å². The van der Waals surface area contributed by atoms with Gasteiger partial charge < -0.3 is 15.4 Å². The topological polar surface area (TPSA) is 102 Å². The first-order valence-corrected chi connectivity index (χ1v) is 11.7. The highest BCUT2D eigenvalue weighted by Gasteiger charge is 2.25. The molecule has 2 amide bonds. The molecule has 1 atom stereocenters. The highest BCUT2D eigenvalue weighted by Crippen LogP contribution is 2.18. The average molecular weight is 433 g/mol. The number of sulfone groups is 1. The molecule has 2 N–H and O–H groups in total. The van der Waals surface area contributed by atoms with Crippen molar-refractivity contribution < 1.29 is 22.7 Å². The molecule has 162 valence electrons. The van der Waals surface area contributed by atoms with E-state index < -0.39 is 15.9 Å². The fourth-order valence-electron chi connectivity index (χ4n) is 2.78. The molecular formula is C22H28N2O5S. The van der Waals surface area contributed by atoms with Crippen LogP contribution in [0.1, 0.15) is 29.8 Å². The first-order valence-electron chi connectivity index (χ1n) is 9.65. The number of ether oxygens (including phenoxy) is 1. The number of amides is 2. The lowest BCUT2D eigenvalue weighted by Crippen LogP contribution is -2.47. The Labute approximate surface area is 177 Å². The molecule has 0 fully saturated rings. The van der Waals surface area contributed by atoms with E-state index in [-0.39, 0.29) is 30.1 Å². The number of nitrogens with one attached hydrogen (secondary N) is 2. The van der Waals surface area contributed by atoms with E-state index in [0.717, 1.165) is 11.8 Å². The van der Waals surface area contributed by atoms with Gasteiger partial charge in [0.2, 0.25) is 5.91 Å². The van der Waals surface area contributed by atoms with E-state index in [1.807, 2.05) is 32.9 Å². The third-order valence-corrected chi connectivity index (χ3v) is 5.36. The summed E-state index contributed by atoms with van der Waals surface area (Å²) in [5, 5.41) is 5.60. The van der Waals surface area contributed by atoms with Crippen LogP contribution >= 0.6 is 0 Å². The first kappa shape index (κ1) is 23.4. The third kappa shape index (κ3) is 7.18. The van der Waals surface area contributed by atoms with Crippen LogP contribution < -0.4 is 15.4 Å². The summed E-state index contributed by atoms with van der Waals surface area (Å²) in [5.74, 6) is -0.432. The van der Waals surface area contributed by atoms with E-state index in [9.17, 15) is 18.0 Å². The SMILES string of the molecule is Cc1ccccc1C(=O)NC(C(=O)Nc1cccc(OCCS(C)(=O)=O)c1)C(C)C. The van der Waals surface area contributed by atoms with Crippen molar-refractivity contribution in [3.8, 4) is 5.75 Å². The predicted molar refractivity (Wildman–Crippen MR) is 118 cm³/mol. The Morgan fingerprint density at radius 3 is 2.40 bits per heavy atom. The average Bonchev–Trinajstić information content (AvgIpc) is 2.65. The van der Waals surface area contributed by atoms with E-state index >= 15 is 0 Å². The van der Waals surface area contributed by atoms with E-state index in [2.05, 4.69) is 10.6 Å². The molecule has 7 nitrogen and oxygen atoms in total. The molecule has 0 heterocycles. The second-order valence-corrected chi connectivity index (χ2v) is 9.77. The number of carbonyl (C=O) groups excluding carboxylic acids is 2. The first-order chi connectivity index (χ1) is 14.1. The molecule has 0 saturated carbocycles. The summed E-state index contributed by atoms with van der Waals surface area (Å²) in [4.78, 5) is 25.4. The fourth-order valence-corrected chi connectivity index (χ4v) is 3.16. The van der Waals surface area contributed by atoms with Crippen LogP contribution in [0.5, 0.6) is 5.75 Å². The van der Waals surface area contributed by atoms with Crippen LogP contribution in [0, 0.1) is 12.8 Å². The summed E-state index contributed by atoms with van der Waals surface area (Å²) in [7, 11) is -3.12. The number of hydrogen-bond acceptors (Lipinski definition) is 5. The number of benzene rings is 2. The molecule has 2 aromatic carbocycles. The van der Waals surface area contributed by atoms with Crippen LogP contribution in [0.25, 0.3) is 0 Å². The summed E-state index contributed by atoms with van der Waals surface area (Å²) in [6.45, 7) is 5.58. The lowest BCUT2D eigenvalue weighted by atomic mass is 10.0. The van der Waals surface area contributed by atoms with Crippen LogP contribution in [-0.2, 0) is 14.6 Å². The van der Waals surface area contributed by atoms with Crippen molar-refractivity contribution in [3.63, 3.8) is 0 Å². The van der Waals surface area contributed by atoms with Crippen LogP contribution in [0.2, 0.25) is 0 Å². The molecule has 0 saturated heterocycles. The second kappa shape index (κ2) is 10.2. The van der Waals surface area contributed by atoms with Crippen LogP contribution in [-0.4, -0.2) is 44.9 Å². The van der Waals surface area contributed by atoms with E-state index in [0.29, 0.717) is 17.0 Å². The van der Waals surface area contributed by atoms with E-state index in [4.69, 9.17) is 4.74 Å². The molecule has 0 radical (unpaired) electrons. The van der Waals surface area contributed by atoms with Crippen LogP contribution in [0.4, 0.5) is 5.69 Å². The smallest absolute Gasteiger partial charge is 0.252 e. The summed E-state index contributed by atoms with van der Waals surface area (Å²) < 4.78 is 27.9.